The number of aromatic nitrogens is 2. The summed E-state index contributed by atoms with van der Waals surface area (Å²) in [5, 5.41) is 5.75. The molecule has 0 aliphatic carbocycles. The molecule has 0 amide bonds. The van der Waals surface area contributed by atoms with Gasteiger partial charge in [-0.15, -0.1) is 0 Å². The van der Waals surface area contributed by atoms with Crippen LogP contribution in [0, 0.1) is 0 Å². The first-order valence-electron chi connectivity index (χ1n) is 9.93. The summed E-state index contributed by atoms with van der Waals surface area (Å²) in [4.78, 5) is 11.1. The van der Waals surface area contributed by atoms with E-state index in [1.807, 2.05) is 18.2 Å². The SMILES string of the molecule is CCc1ccccc1Nc1ncnc(N(CC)c2cccc3ccccc23)c1N. The van der Waals surface area contributed by atoms with Crippen LogP contribution < -0.4 is 16.0 Å². The molecular weight excluding hydrogens is 358 g/mol. The quantitative estimate of drug-likeness (QED) is 0.449. The molecule has 0 aliphatic rings. The van der Waals surface area contributed by atoms with Crippen molar-refractivity contribution in [2.75, 3.05) is 22.5 Å². The van der Waals surface area contributed by atoms with Crippen LogP contribution in [0.5, 0.6) is 0 Å². The first-order valence-corrected chi connectivity index (χ1v) is 9.93. The lowest BCUT2D eigenvalue weighted by atomic mass is 10.1. The smallest absolute Gasteiger partial charge is 0.161 e. The van der Waals surface area contributed by atoms with E-state index in [9.17, 15) is 0 Å². The number of nitrogens with one attached hydrogen (secondary N) is 1. The van der Waals surface area contributed by atoms with E-state index in [0.717, 1.165) is 24.3 Å². The average molecular weight is 383 g/mol. The van der Waals surface area contributed by atoms with Crippen LogP contribution in [0.2, 0.25) is 0 Å². The minimum atomic E-state index is 0.535. The third-order valence-corrected chi connectivity index (χ3v) is 5.14. The largest absolute Gasteiger partial charge is 0.393 e. The molecule has 3 aromatic carbocycles. The Balaban J connectivity index is 1.77. The van der Waals surface area contributed by atoms with Gasteiger partial charge in [0.25, 0.3) is 0 Å². The molecule has 0 saturated heterocycles. The van der Waals surface area contributed by atoms with Crippen LogP contribution >= 0.6 is 0 Å². The van der Waals surface area contributed by atoms with Crippen LogP contribution in [-0.2, 0) is 6.42 Å². The van der Waals surface area contributed by atoms with Gasteiger partial charge in [0.2, 0.25) is 0 Å². The lowest BCUT2D eigenvalue weighted by Gasteiger charge is -2.25. The van der Waals surface area contributed by atoms with Crippen molar-refractivity contribution in [3.05, 3.63) is 78.6 Å². The molecule has 4 rings (SSSR count). The molecule has 0 atom stereocenters. The van der Waals surface area contributed by atoms with E-state index < -0.39 is 0 Å². The number of hydrogen-bond donors (Lipinski definition) is 2. The summed E-state index contributed by atoms with van der Waals surface area (Å²) in [5.74, 6) is 1.32. The second-order valence-corrected chi connectivity index (χ2v) is 6.84. The van der Waals surface area contributed by atoms with Crippen molar-refractivity contribution in [1.82, 2.24) is 9.97 Å². The number of nitrogens with two attached hydrogens (primary N) is 1. The summed E-state index contributed by atoms with van der Waals surface area (Å²) in [6.45, 7) is 4.97. The van der Waals surface area contributed by atoms with Crippen LogP contribution in [0.15, 0.2) is 73.1 Å². The van der Waals surface area contributed by atoms with Gasteiger partial charge >= 0.3 is 0 Å². The monoisotopic (exact) mass is 383 g/mol. The van der Waals surface area contributed by atoms with Gasteiger partial charge in [0.15, 0.2) is 11.6 Å². The number of benzene rings is 3. The molecule has 0 spiro atoms. The number of hydrogen-bond acceptors (Lipinski definition) is 5. The molecule has 0 aliphatic heterocycles. The lowest BCUT2D eigenvalue weighted by molar-refractivity contribution is 0.985. The number of fused-ring (bicyclic) bond motifs is 1. The summed E-state index contributed by atoms with van der Waals surface area (Å²) in [6.07, 6.45) is 2.49. The number of aryl methyl sites for hydroxylation is 1. The number of rotatable bonds is 6. The zero-order valence-corrected chi connectivity index (χ0v) is 16.8. The topological polar surface area (TPSA) is 67.1 Å². The van der Waals surface area contributed by atoms with Gasteiger partial charge in [-0.1, -0.05) is 61.5 Å². The summed E-state index contributed by atoms with van der Waals surface area (Å²) >= 11 is 0. The predicted molar refractivity (Wildman–Crippen MR) is 122 cm³/mol. The third-order valence-electron chi connectivity index (χ3n) is 5.14. The fourth-order valence-corrected chi connectivity index (χ4v) is 3.66. The standard InChI is InChI=1S/C24H25N5/c1-3-17-10-6-8-14-20(17)28-23-22(25)24(27-16-26-23)29(4-2)21-15-9-12-18-11-5-7-13-19(18)21/h5-16H,3-4,25H2,1-2H3,(H,26,27,28). The molecule has 29 heavy (non-hydrogen) atoms. The molecule has 1 heterocycles. The highest BCUT2D eigenvalue weighted by molar-refractivity contribution is 5.97. The van der Waals surface area contributed by atoms with Crippen molar-refractivity contribution in [1.29, 1.82) is 0 Å². The highest BCUT2D eigenvalue weighted by atomic mass is 15.2. The van der Waals surface area contributed by atoms with Gasteiger partial charge in [-0.25, -0.2) is 9.97 Å². The van der Waals surface area contributed by atoms with Crippen molar-refractivity contribution >= 4 is 39.5 Å². The first kappa shape index (κ1) is 18.7. The van der Waals surface area contributed by atoms with Crippen molar-refractivity contribution in [3.8, 4) is 0 Å². The van der Waals surface area contributed by atoms with Crippen molar-refractivity contribution in [2.24, 2.45) is 0 Å². The van der Waals surface area contributed by atoms with Gasteiger partial charge in [0.05, 0.1) is 5.69 Å². The van der Waals surface area contributed by atoms with E-state index in [0.29, 0.717) is 17.3 Å². The van der Waals surface area contributed by atoms with E-state index in [4.69, 9.17) is 5.73 Å². The molecule has 0 saturated carbocycles. The second-order valence-electron chi connectivity index (χ2n) is 6.84. The molecule has 0 radical (unpaired) electrons. The number of anilines is 5. The highest BCUT2D eigenvalue weighted by Gasteiger charge is 2.18. The van der Waals surface area contributed by atoms with Crippen molar-refractivity contribution in [3.63, 3.8) is 0 Å². The van der Waals surface area contributed by atoms with Crippen LogP contribution in [0.3, 0.4) is 0 Å². The second kappa shape index (κ2) is 8.19. The van der Waals surface area contributed by atoms with Gasteiger partial charge in [0, 0.05) is 17.6 Å². The molecule has 0 fully saturated rings. The van der Waals surface area contributed by atoms with E-state index in [1.165, 1.54) is 16.3 Å². The number of para-hydroxylation sites is 1. The predicted octanol–water partition coefficient (Wildman–Crippen LogP) is 5.68. The molecule has 5 heteroatoms. The zero-order chi connectivity index (χ0) is 20.2. The molecule has 146 valence electrons. The van der Waals surface area contributed by atoms with Gasteiger partial charge in [0.1, 0.15) is 12.0 Å². The number of nitrogens with zero attached hydrogens (tertiary/aromatic N) is 3. The Hall–Kier alpha value is -3.60. The summed E-state index contributed by atoms with van der Waals surface area (Å²) < 4.78 is 0. The summed E-state index contributed by atoms with van der Waals surface area (Å²) in [6, 6.07) is 22.8. The lowest BCUT2D eigenvalue weighted by Crippen LogP contribution is -2.20. The maximum Gasteiger partial charge on any atom is 0.161 e. The number of nitrogen functional groups attached to an aromatic ring is 1. The van der Waals surface area contributed by atoms with Crippen molar-refractivity contribution in [2.45, 2.75) is 20.3 Å². The van der Waals surface area contributed by atoms with Crippen LogP contribution in [0.1, 0.15) is 19.4 Å². The minimum Gasteiger partial charge on any atom is -0.393 e. The van der Waals surface area contributed by atoms with E-state index in [1.54, 1.807) is 6.33 Å². The normalized spacial score (nSPS) is 10.8. The van der Waals surface area contributed by atoms with Crippen LogP contribution in [-0.4, -0.2) is 16.5 Å². The Labute approximate surface area is 171 Å². The molecule has 0 bridgehead atoms. The Morgan fingerprint density at radius 3 is 2.48 bits per heavy atom. The molecule has 5 nitrogen and oxygen atoms in total. The molecular formula is C24H25N5. The van der Waals surface area contributed by atoms with E-state index in [-0.39, 0.29) is 0 Å². The Bertz CT molecular complexity index is 1130. The molecule has 3 N–H and O–H groups in total. The van der Waals surface area contributed by atoms with Crippen LogP contribution in [0.4, 0.5) is 28.7 Å². The van der Waals surface area contributed by atoms with Gasteiger partial charge in [-0.05, 0) is 36.4 Å². The Morgan fingerprint density at radius 1 is 0.897 bits per heavy atom. The summed E-state index contributed by atoms with van der Waals surface area (Å²) in [5.41, 5.74) is 10.4. The molecule has 4 aromatic rings. The van der Waals surface area contributed by atoms with Crippen LogP contribution in [0.25, 0.3) is 10.8 Å². The average Bonchev–Trinajstić information content (AvgIpc) is 2.77. The molecule has 0 unspecified atom stereocenters. The highest BCUT2D eigenvalue weighted by Crippen LogP contribution is 2.36. The maximum absolute atomic E-state index is 6.55. The fraction of sp³-hybridized carbons (Fsp3) is 0.167. The van der Waals surface area contributed by atoms with Gasteiger partial charge in [-0.3, -0.25) is 0 Å². The van der Waals surface area contributed by atoms with E-state index >= 15 is 0 Å². The first-order chi connectivity index (χ1) is 14.2. The maximum atomic E-state index is 6.55. The van der Waals surface area contributed by atoms with E-state index in [2.05, 4.69) is 82.6 Å². The van der Waals surface area contributed by atoms with Gasteiger partial charge in [-0.2, -0.15) is 0 Å². The Kier molecular flexibility index (Phi) is 5.29. The van der Waals surface area contributed by atoms with Crippen molar-refractivity contribution < 1.29 is 0 Å². The summed E-state index contributed by atoms with van der Waals surface area (Å²) in [7, 11) is 0. The molecule has 1 aromatic heterocycles. The third kappa shape index (κ3) is 3.59. The minimum absolute atomic E-state index is 0.535. The fourth-order valence-electron chi connectivity index (χ4n) is 3.66. The van der Waals surface area contributed by atoms with Gasteiger partial charge < -0.3 is 16.0 Å². The Morgan fingerprint density at radius 2 is 1.66 bits per heavy atom. The zero-order valence-electron chi connectivity index (χ0n) is 16.8.